The molecule has 0 aliphatic heterocycles. The molecule has 0 saturated heterocycles. The van der Waals surface area contributed by atoms with Gasteiger partial charge in [-0.3, -0.25) is 9.59 Å². The molecule has 0 rings (SSSR count). The molecule has 1 amide bonds. The number of rotatable bonds is 6. The van der Waals surface area contributed by atoms with E-state index in [1.165, 1.54) is 0 Å². The van der Waals surface area contributed by atoms with E-state index in [-0.39, 0.29) is 24.8 Å². The second kappa shape index (κ2) is 6.46. The van der Waals surface area contributed by atoms with Crippen molar-refractivity contribution < 1.29 is 14.7 Å². The molecule has 4 nitrogen and oxygen atoms in total. The van der Waals surface area contributed by atoms with Crippen molar-refractivity contribution in [2.24, 2.45) is 5.92 Å². The van der Waals surface area contributed by atoms with Crippen LogP contribution in [0, 0.1) is 5.92 Å². The minimum atomic E-state index is -0.886. The molecule has 0 heterocycles. The first-order chi connectivity index (χ1) is 6.07. The highest BCUT2D eigenvalue weighted by Crippen LogP contribution is 2.03. The third-order valence-electron chi connectivity index (χ3n) is 1.81. The lowest BCUT2D eigenvalue weighted by molar-refractivity contribution is -0.137. The second-order valence-electron chi connectivity index (χ2n) is 3.12. The van der Waals surface area contributed by atoms with Gasteiger partial charge in [0, 0.05) is 12.5 Å². The van der Waals surface area contributed by atoms with Crippen LogP contribution in [-0.2, 0) is 9.59 Å². The molecule has 76 valence electrons. The van der Waals surface area contributed by atoms with Gasteiger partial charge in [-0.25, -0.2) is 0 Å². The van der Waals surface area contributed by atoms with Crippen LogP contribution >= 0.6 is 0 Å². The van der Waals surface area contributed by atoms with Crippen LogP contribution in [0.3, 0.4) is 0 Å². The maximum atomic E-state index is 11.2. The Morgan fingerprint density at radius 1 is 1.46 bits per heavy atom. The van der Waals surface area contributed by atoms with Gasteiger partial charge in [0.1, 0.15) is 0 Å². The van der Waals surface area contributed by atoms with Crippen molar-refractivity contribution in [2.45, 2.75) is 33.1 Å². The van der Waals surface area contributed by atoms with Crippen LogP contribution in [0.15, 0.2) is 0 Å². The van der Waals surface area contributed by atoms with E-state index in [0.29, 0.717) is 0 Å². The van der Waals surface area contributed by atoms with E-state index in [4.69, 9.17) is 5.11 Å². The average molecular weight is 187 g/mol. The molecule has 0 saturated carbocycles. The molecule has 0 fully saturated rings. The fourth-order valence-corrected chi connectivity index (χ4v) is 1.03. The molecule has 13 heavy (non-hydrogen) atoms. The number of nitrogens with one attached hydrogen (secondary N) is 1. The third kappa shape index (κ3) is 6.13. The van der Waals surface area contributed by atoms with Crippen LogP contribution in [0.2, 0.25) is 0 Å². The second-order valence-corrected chi connectivity index (χ2v) is 3.12. The third-order valence-corrected chi connectivity index (χ3v) is 1.81. The maximum Gasteiger partial charge on any atom is 0.305 e. The van der Waals surface area contributed by atoms with Crippen LogP contribution in [0.4, 0.5) is 0 Å². The fraction of sp³-hybridized carbons (Fsp3) is 0.778. The zero-order chi connectivity index (χ0) is 10.3. The normalized spacial score (nSPS) is 12.2. The Kier molecular flexibility index (Phi) is 5.93. The van der Waals surface area contributed by atoms with Crippen molar-refractivity contribution >= 4 is 11.9 Å². The van der Waals surface area contributed by atoms with Gasteiger partial charge in [-0.2, -0.15) is 0 Å². The highest BCUT2D eigenvalue weighted by Gasteiger charge is 2.10. The first kappa shape index (κ1) is 11.9. The number of carboxylic acid groups (broad SMARTS) is 1. The van der Waals surface area contributed by atoms with Gasteiger partial charge in [0.15, 0.2) is 0 Å². The Hall–Kier alpha value is -1.06. The molecule has 1 unspecified atom stereocenters. The summed E-state index contributed by atoms with van der Waals surface area (Å²) in [6.07, 6.45) is 1.80. The zero-order valence-electron chi connectivity index (χ0n) is 8.17. The van der Waals surface area contributed by atoms with Gasteiger partial charge in [-0.1, -0.05) is 20.3 Å². The largest absolute Gasteiger partial charge is 0.481 e. The summed E-state index contributed by atoms with van der Waals surface area (Å²) in [6, 6.07) is 0. The predicted molar refractivity (Wildman–Crippen MR) is 49.3 cm³/mol. The highest BCUT2D eigenvalue weighted by atomic mass is 16.4. The summed E-state index contributed by atoms with van der Waals surface area (Å²) in [7, 11) is 0. The molecule has 0 aromatic heterocycles. The Morgan fingerprint density at radius 3 is 2.54 bits per heavy atom. The molecule has 0 aliphatic carbocycles. The molecule has 0 aromatic rings. The topological polar surface area (TPSA) is 66.4 Å². The molecule has 0 bridgehead atoms. The molecular formula is C9H17NO3. The van der Waals surface area contributed by atoms with E-state index in [0.717, 1.165) is 12.8 Å². The lowest BCUT2D eigenvalue weighted by Gasteiger charge is -2.09. The van der Waals surface area contributed by atoms with Crippen LogP contribution < -0.4 is 5.32 Å². The summed E-state index contributed by atoms with van der Waals surface area (Å²) in [4.78, 5) is 21.3. The van der Waals surface area contributed by atoms with Crippen molar-refractivity contribution in [2.75, 3.05) is 6.54 Å². The van der Waals surface area contributed by atoms with Gasteiger partial charge < -0.3 is 10.4 Å². The minimum Gasteiger partial charge on any atom is -0.481 e. The number of carbonyl (C=O) groups is 2. The first-order valence-corrected chi connectivity index (χ1v) is 4.57. The molecule has 2 N–H and O–H groups in total. The number of amides is 1. The Morgan fingerprint density at radius 2 is 2.08 bits per heavy atom. The summed E-state index contributed by atoms with van der Waals surface area (Å²) in [5, 5.41) is 10.9. The fourth-order valence-electron chi connectivity index (χ4n) is 1.03. The molecule has 0 spiro atoms. The molecule has 1 atom stereocenters. The lowest BCUT2D eigenvalue weighted by Crippen LogP contribution is -2.30. The van der Waals surface area contributed by atoms with Gasteiger partial charge in [-0.15, -0.1) is 0 Å². The molecule has 0 aliphatic rings. The quantitative estimate of drug-likeness (QED) is 0.652. The van der Waals surface area contributed by atoms with Crippen molar-refractivity contribution in [3.05, 3.63) is 0 Å². The Balaban J connectivity index is 3.55. The summed E-state index contributed by atoms with van der Waals surface area (Å²) in [6.45, 7) is 4.09. The zero-order valence-corrected chi connectivity index (χ0v) is 8.17. The Bertz CT molecular complexity index is 180. The summed E-state index contributed by atoms with van der Waals surface area (Å²) in [5.74, 6) is -0.953. The van der Waals surface area contributed by atoms with E-state index in [9.17, 15) is 9.59 Å². The van der Waals surface area contributed by atoms with E-state index in [2.05, 4.69) is 5.32 Å². The van der Waals surface area contributed by atoms with E-state index in [1.807, 2.05) is 13.8 Å². The van der Waals surface area contributed by atoms with Gasteiger partial charge in [0.2, 0.25) is 5.91 Å². The Labute approximate surface area is 78.3 Å². The molecule has 4 heteroatoms. The van der Waals surface area contributed by atoms with Crippen LogP contribution in [0.5, 0.6) is 0 Å². The van der Waals surface area contributed by atoms with Crippen molar-refractivity contribution in [1.29, 1.82) is 0 Å². The van der Waals surface area contributed by atoms with Crippen LogP contribution in [-0.4, -0.2) is 23.5 Å². The van der Waals surface area contributed by atoms with Crippen LogP contribution in [0.1, 0.15) is 33.1 Å². The monoisotopic (exact) mass is 187 g/mol. The van der Waals surface area contributed by atoms with Crippen LogP contribution in [0.25, 0.3) is 0 Å². The van der Waals surface area contributed by atoms with Crippen molar-refractivity contribution in [3.8, 4) is 0 Å². The summed E-state index contributed by atoms with van der Waals surface area (Å²) < 4.78 is 0. The van der Waals surface area contributed by atoms with Gasteiger partial charge >= 0.3 is 5.97 Å². The predicted octanol–water partition coefficient (Wildman–Crippen LogP) is 1.01. The van der Waals surface area contributed by atoms with E-state index < -0.39 is 5.97 Å². The van der Waals surface area contributed by atoms with Crippen molar-refractivity contribution in [1.82, 2.24) is 5.32 Å². The van der Waals surface area contributed by atoms with E-state index in [1.54, 1.807) is 0 Å². The highest BCUT2D eigenvalue weighted by molar-refractivity contribution is 5.78. The smallest absolute Gasteiger partial charge is 0.305 e. The summed E-state index contributed by atoms with van der Waals surface area (Å²) >= 11 is 0. The minimum absolute atomic E-state index is 0.00934. The number of hydrogen-bond donors (Lipinski definition) is 2. The molecule has 0 aromatic carbocycles. The number of carboxylic acids is 1. The number of hydrogen-bond acceptors (Lipinski definition) is 2. The molecule has 0 radical (unpaired) electrons. The summed E-state index contributed by atoms with van der Waals surface area (Å²) in [5.41, 5.74) is 0. The molecular weight excluding hydrogens is 170 g/mol. The van der Waals surface area contributed by atoms with Gasteiger partial charge in [0.25, 0.3) is 0 Å². The van der Waals surface area contributed by atoms with E-state index >= 15 is 0 Å². The SMILES string of the molecule is CCCC(C)C(=O)NCCC(=O)O. The lowest BCUT2D eigenvalue weighted by atomic mass is 10.1. The van der Waals surface area contributed by atoms with Crippen molar-refractivity contribution in [3.63, 3.8) is 0 Å². The maximum absolute atomic E-state index is 11.2. The number of aliphatic carboxylic acids is 1. The van der Waals surface area contributed by atoms with Gasteiger partial charge in [0.05, 0.1) is 6.42 Å². The average Bonchev–Trinajstić information content (AvgIpc) is 2.04. The number of carbonyl (C=O) groups excluding carboxylic acids is 1. The first-order valence-electron chi connectivity index (χ1n) is 4.57. The standard InChI is InChI=1S/C9H17NO3/c1-3-4-7(2)9(13)10-6-5-8(11)12/h7H,3-6H2,1-2H3,(H,10,13)(H,11,12). The van der Waals surface area contributed by atoms with Gasteiger partial charge in [-0.05, 0) is 6.42 Å².